The normalized spacial score (nSPS) is 15.0. The van der Waals surface area contributed by atoms with Crippen molar-refractivity contribution in [3.63, 3.8) is 0 Å². The first kappa shape index (κ1) is 27.4. The van der Waals surface area contributed by atoms with E-state index in [0.29, 0.717) is 48.9 Å². The van der Waals surface area contributed by atoms with Crippen LogP contribution < -0.4 is 29.1 Å². The highest BCUT2D eigenvalue weighted by Crippen LogP contribution is 2.36. The van der Waals surface area contributed by atoms with Crippen LogP contribution in [0.15, 0.2) is 74.6 Å². The van der Waals surface area contributed by atoms with Gasteiger partial charge in [0.05, 0.1) is 47.1 Å². The van der Waals surface area contributed by atoms with Crippen molar-refractivity contribution < 1.29 is 23.7 Å². The molecule has 0 bridgehead atoms. The molecule has 8 nitrogen and oxygen atoms in total. The number of esters is 1. The number of benzene rings is 2. The second-order valence-corrected chi connectivity index (χ2v) is 10.1. The van der Waals surface area contributed by atoms with Gasteiger partial charge in [-0.25, -0.2) is 9.79 Å². The second-order valence-electron chi connectivity index (χ2n) is 8.21. The maximum atomic E-state index is 13.8. The molecule has 0 amide bonds. The van der Waals surface area contributed by atoms with E-state index in [2.05, 4.69) is 27.5 Å². The summed E-state index contributed by atoms with van der Waals surface area (Å²) in [5.74, 6) is 1.22. The Kier molecular flexibility index (Phi) is 8.53. The zero-order valence-electron chi connectivity index (χ0n) is 21.4. The van der Waals surface area contributed by atoms with E-state index in [4.69, 9.17) is 18.9 Å². The predicted octanol–water partition coefficient (Wildman–Crippen LogP) is 4.14. The van der Waals surface area contributed by atoms with E-state index < -0.39 is 12.0 Å². The fraction of sp³-hybridized carbons (Fsp3) is 0.250. The van der Waals surface area contributed by atoms with Gasteiger partial charge in [0.1, 0.15) is 12.4 Å². The Morgan fingerprint density at radius 2 is 1.95 bits per heavy atom. The van der Waals surface area contributed by atoms with Crippen LogP contribution in [0.1, 0.15) is 31.0 Å². The highest BCUT2D eigenvalue weighted by atomic mass is 79.9. The number of ether oxygens (including phenoxy) is 4. The van der Waals surface area contributed by atoms with Crippen molar-refractivity contribution in [1.29, 1.82) is 0 Å². The minimum Gasteiger partial charge on any atom is -0.493 e. The molecule has 0 N–H and O–H groups in total. The van der Waals surface area contributed by atoms with Gasteiger partial charge in [-0.1, -0.05) is 36.1 Å². The Morgan fingerprint density at radius 1 is 1.21 bits per heavy atom. The molecule has 0 fully saturated rings. The largest absolute Gasteiger partial charge is 0.493 e. The molecule has 1 atom stereocenters. The third-order valence-electron chi connectivity index (χ3n) is 5.83. The number of carbonyl (C=O) groups is 1. The molecule has 3 aromatic rings. The van der Waals surface area contributed by atoms with Crippen molar-refractivity contribution in [3.05, 3.63) is 95.6 Å². The average molecular weight is 600 g/mol. The number of thiazole rings is 1. The molecule has 1 aliphatic rings. The number of hydrogen-bond acceptors (Lipinski definition) is 8. The van der Waals surface area contributed by atoms with Crippen LogP contribution in [0, 0.1) is 0 Å². The van der Waals surface area contributed by atoms with E-state index in [-0.39, 0.29) is 12.2 Å². The first-order valence-corrected chi connectivity index (χ1v) is 13.4. The zero-order valence-corrected chi connectivity index (χ0v) is 23.9. The van der Waals surface area contributed by atoms with Crippen LogP contribution in [0.4, 0.5) is 0 Å². The molecule has 38 heavy (non-hydrogen) atoms. The summed E-state index contributed by atoms with van der Waals surface area (Å²) in [6, 6.07) is 10.2. The van der Waals surface area contributed by atoms with Crippen molar-refractivity contribution in [2.45, 2.75) is 19.9 Å². The number of allylic oxidation sites excluding steroid dienone is 1. The standard InChI is InChI=1S/C28H27BrN2O6S/c1-6-12-37-19-10-8-18(9-11-19)24-23(27(33)36-7-2)16(3)30-28-31(24)26(32)22(38-28)15-17-13-20(29)25(35-5)21(14-17)34-4/h6,8-11,13-15,24H,1,7,12H2,2-5H3/b22-15-/t24-/m1/s1. The summed E-state index contributed by atoms with van der Waals surface area (Å²) in [5, 5.41) is 0. The summed E-state index contributed by atoms with van der Waals surface area (Å²) in [6.07, 6.45) is 3.43. The molecule has 2 heterocycles. The van der Waals surface area contributed by atoms with Gasteiger partial charge in [0.15, 0.2) is 16.3 Å². The monoisotopic (exact) mass is 598 g/mol. The number of hydrogen-bond donors (Lipinski definition) is 0. The number of methoxy groups -OCH3 is 2. The smallest absolute Gasteiger partial charge is 0.338 e. The molecule has 0 unspecified atom stereocenters. The summed E-state index contributed by atoms with van der Waals surface area (Å²) >= 11 is 4.75. The number of fused-ring (bicyclic) bond motifs is 1. The van der Waals surface area contributed by atoms with Crippen LogP contribution in [-0.4, -0.2) is 38.0 Å². The fourth-order valence-electron chi connectivity index (χ4n) is 4.18. The second kappa shape index (κ2) is 11.8. The topological polar surface area (TPSA) is 88.4 Å². The van der Waals surface area contributed by atoms with E-state index in [1.807, 2.05) is 18.2 Å². The van der Waals surface area contributed by atoms with E-state index in [1.54, 1.807) is 63.0 Å². The van der Waals surface area contributed by atoms with Crippen molar-refractivity contribution in [1.82, 2.24) is 4.57 Å². The number of aromatic nitrogens is 1. The van der Waals surface area contributed by atoms with Crippen molar-refractivity contribution in [3.8, 4) is 17.2 Å². The summed E-state index contributed by atoms with van der Waals surface area (Å²) in [5.41, 5.74) is 2.02. The van der Waals surface area contributed by atoms with Gasteiger partial charge in [0.2, 0.25) is 0 Å². The summed E-state index contributed by atoms with van der Waals surface area (Å²) < 4.78 is 24.5. The summed E-state index contributed by atoms with van der Waals surface area (Å²) in [7, 11) is 3.11. The molecule has 0 saturated carbocycles. The summed E-state index contributed by atoms with van der Waals surface area (Å²) in [4.78, 5) is 32.0. The molecule has 2 aromatic carbocycles. The van der Waals surface area contributed by atoms with Crippen molar-refractivity contribution in [2.24, 2.45) is 4.99 Å². The van der Waals surface area contributed by atoms with E-state index in [1.165, 1.54) is 11.3 Å². The van der Waals surface area contributed by atoms with Crippen molar-refractivity contribution in [2.75, 3.05) is 27.4 Å². The Morgan fingerprint density at radius 3 is 2.58 bits per heavy atom. The molecule has 10 heteroatoms. The van der Waals surface area contributed by atoms with E-state index >= 15 is 0 Å². The third kappa shape index (κ3) is 5.32. The Balaban J connectivity index is 1.89. The molecule has 4 rings (SSSR count). The molecule has 0 spiro atoms. The number of carbonyl (C=O) groups excluding carboxylic acids is 1. The lowest BCUT2D eigenvalue weighted by Crippen LogP contribution is -2.39. The lowest BCUT2D eigenvalue weighted by Gasteiger charge is -2.24. The Bertz CT molecular complexity index is 1590. The molecule has 0 aliphatic carbocycles. The number of halogens is 1. The predicted molar refractivity (Wildman–Crippen MR) is 150 cm³/mol. The van der Waals surface area contributed by atoms with Crippen LogP contribution in [0.2, 0.25) is 0 Å². The fourth-order valence-corrected chi connectivity index (χ4v) is 5.85. The molecular weight excluding hydrogens is 572 g/mol. The first-order valence-electron chi connectivity index (χ1n) is 11.8. The Labute approximate surface area is 232 Å². The minimum absolute atomic E-state index is 0.204. The van der Waals surface area contributed by atoms with Crippen LogP contribution >= 0.6 is 27.3 Å². The highest BCUT2D eigenvalue weighted by Gasteiger charge is 2.33. The summed E-state index contributed by atoms with van der Waals surface area (Å²) in [6.45, 7) is 7.73. The van der Waals surface area contributed by atoms with Crippen LogP contribution in [0.5, 0.6) is 17.2 Å². The Hall–Kier alpha value is -3.63. The molecule has 198 valence electrons. The van der Waals surface area contributed by atoms with Gasteiger partial charge in [-0.2, -0.15) is 0 Å². The molecule has 1 aromatic heterocycles. The van der Waals surface area contributed by atoms with Gasteiger partial charge >= 0.3 is 5.97 Å². The highest BCUT2D eigenvalue weighted by molar-refractivity contribution is 9.10. The molecule has 1 aliphatic heterocycles. The van der Waals surface area contributed by atoms with E-state index in [9.17, 15) is 9.59 Å². The molecule has 0 radical (unpaired) electrons. The van der Waals surface area contributed by atoms with Gasteiger partial charge in [-0.05, 0) is 71.2 Å². The molecule has 0 saturated heterocycles. The zero-order chi connectivity index (χ0) is 27.4. The van der Waals surface area contributed by atoms with Crippen LogP contribution in [-0.2, 0) is 9.53 Å². The quantitative estimate of drug-likeness (QED) is 0.272. The number of rotatable bonds is 9. The van der Waals surface area contributed by atoms with Crippen LogP contribution in [0.3, 0.4) is 0 Å². The molecular formula is C28H27BrN2O6S. The lowest BCUT2D eigenvalue weighted by molar-refractivity contribution is -0.139. The van der Waals surface area contributed by atoms with Gasteiger partial charge in [-0.15, -0.1) is 0 Å². The van der Waals surface area contributed by atoms with Gasteiger partial charge < -0.3 is 18.9 Å². The van der Waals surface area contributed by atoms with Gasteiger partial charge in [0.25, 0.3) is 5.56 Å². The lowest BCUT2D eigenvalue weighted by atomic mass is 9.96. The maximum Gasteiger partial charge on any atom is 0.338 e. The van der Waals surface area contributed by atoms with E-state index in [0.717, 1.165) is 11.1 Å². The first-order chi connectivity index (χ1) is 18.3. The number of nitrogens with zero attached hydrogens (tertiary/aromatic N) is 2. The third-order valence-corrected chi connectivity index (χ3v) is 7.41. The van der Waals surface area contributed by atoms with Crippen molar-refractivity contribution >= 4 is 39.3 Å². The average Bonchev–Trinajstić information content (AvgIpc) is 3.20. The maximum absolute atomic E-state index is 13.8. The van der Waals surface area contributed by atoms with Gasteiger partial charge in [0, 0.05) is 0 Å². The van der Waals surface area contributed by atoms with Gasteiger partial charge in [-0.3, -0.25) is 9.36 Å². The minimum atomic E-state index is -0.710. The van der Waals surface area contributed by atoms with Crippen LogP contribution in [0.25, 0.3) is 6.08 Å². The SMILES string of the molecule is C=CCOc1ccc([C@@H]2C(C(=O)OCC)=C(C)N=c3s/c(=C\c4cc(Br)c(OC)c(OC)c4)c(=O)n32)cc1.